The quantitative estimate of drug-likeness (QED) is 0.152. The zero-order chi connectivity index (χ0) is 38.1. The Bertz CT molecular complexity index is 2610. The first-order valence-corrected chi connectivity index (χ1v) is 21.9. The van der Waals surface area contributed by atoms with E-state index in [0.29, 0.717) is 18.0 Å². The van der Waals surface area contributed by atoms with Crippen LogP contribution < -0.4 is 10.6 Å². The van der Waals surface area contributed by atoms with E-state index in [1.54, 1.807) is 40.9 Å². The molecule has 0 bridgehead atoms. The van der Waals surface area contributed by atoms with E-state index in [1.165, 1.54) is 48.5 Å². The lowest BCUT2D eigenvalue weighted by atomic mass is 9.99. The average molecular weight is 805 g/mol. The van der Waals surface area contributed by atoms with Crippen molar-refractivity contribution < 1.29 is 5.11 Å². The first-order chi connectivity index (χ1) is 26.8. The Kier molecular flexibility index (Phi) is 11.2. The molecule has 1 saturated heterocycles. The van der Waals surface area contributed by atoms with Crippen molar-refractivity contribution in [3.63, 3.8) is 0 Å². The van der Waals surface area contributed by atoms with Gasteiger partial charge in [-0.1, -0.05) is 6.08 Å². The number of hydrogen-bond donors (Lipinski definition) is 3. The summed E-state index contributed by atoms with van der Waals surface area (Å²) < 4.78 is 2.42. The number of fused-ring (bicyclic) bond motifs is 4. The minimum atomic E-state index is 0.250. The second kappa shape index (κ2) is 16.4. The highest BCUT2D eigenvalue weighted by molar-refractivity contribution is 7.20. The third kappa shape index (κ3) is 7.88. The number of aliphatic hydroxyl groups excluding tert-OH is 1. The SMILES string of the molecule is CC1C(c2cc3c(Nc4ccc5scnc5c4)ccnc3s2)=CCN1C.CC1C(c2cc3c(Nc4ccc5scnc5c4)ccnc3s2)CCN1C.CCO. The summed E-state index contributed by atoms with van der Waals surface area (Å²) in [5.41, 5.74) is 11.6. The van der Waals surface area contributed by atoms with Gasteiger partial charge in [-0.25, -0.2) is 19.9 Å². The van der Waals surface area contributed by atoms with E-state index in [2.05, 4.69) is 129 Å². The van der Waals surface area contributed by atoms with Gasteiger partial charge < -0.3 is 20.6 Å². The molecule has 2 aliphatic heterocycles. The third-order valence-electron chi connectivity index (χ3n) is 10.5. The number of thiazole rings is 2. The van der Waals surface area contributed by atoms with Crippen molar-refractivity contribution in [2.24, 2.45) is 0 Å². The highest BCUT2D eigenvalue weighted by Gasteiger charge is 2.31. The third-order valence-corrected chi connectivity index (χ3v) is 14.4. The number of benzene rings is 2. The normalized spacial score (nSPS) is 18.7. The Labute approximate surface area is 337 Å². The Morgan fingerprint density at radius 1 is 0.745 bits per heavy atom. The van der Waals surface area contributed by atoms with Gasteiger partial charge in [0.25, 0.3) is 0 Å². The first kappa shape index (κ1) is 37.6. The Morgan fingerprint density at radius 2 is 1.33 bits per heavy atom. The number of aliphatic hydroxyl groups is 1. The van der Waals surface area contributed by atoms with Gasteiger partial charge in [0.15, 0.2) is 0 Å². The smallest absolute Gasteiger partial charge is 0.125 e. The second-order valence-electron chi connectivity index (χ2n) is 13.9. The van der Waals surface area contributed by atoms with Crippen molar-refractivity contribution in [3.05, 3.63) is 99.9 Å². The maximum absolute atomic E-state index is 7.57. The summed E-state index contributed by atoms with van der Waals surface area (Å²) in [5, 5.41) is 17.1. The molecule has 6 aromatic heterocycles. The van der Waals surface area contributed by atoms with E-state index in [4.69, 9.17) is 5.11 Å². The lowest BCUT2D eigenvalue weighted by molar-refractivity contribution is 0.318. The van der Waals surface area contributed by atoms with Crippen LogP contribution in [0.4, 0.5) is 22.7 Å². The molecule has 3 N–H and O–H groups in total. The van der Waals surface area contributed by atoms with Crippen LogP contribution in [0.3, 0.4) is 0 Å². The average Bonchev–Trinajstić information content (AvgIpc) is 4.04. The van der Waals surface area contributed by atoms with E-state index < -0.39 is 0 Å². The second-order valence-corrected chi connectivity index (χ2v) is 17.8. The summed E-state index contributed by atoms with van der Waals surface area (Å²) in [6.45, 7) is 8.71. The summed E-state index contributed by atoms with van der Waals surface area (Å²) in [6.07, 6.45) is 7.34. The fraction of sp³-hybridized carbons (Fsp3) is 0.286. The number of thiophene rings is 2. The molecule has 9 nitrogen and oxygen atoms in total. The van der Waals surface area contributed by atoms with E-state index in [-0.39, 0.29) is 6.61 Å². The first-order valence-electron chi connectivity index (χ1n) is 18.5. The van der Waals surface area contributed by atoms with Crippen LogP contribution in [0.1, 0.15) is 42.9 Å². The summed E-state index contributed by atoms with van der Waals surface area (Å²) in [5.74, 6) is 0.610. The summed E-state index contributed by atoms with van der Waals surface area (Å²) >= 11 is 6.95. The summed E-state index contributed by atoms with van der Waals surface area (Å²) in [7, 11) is 4.39. The van der Waals surface area contributed by atoms with Crippen molar-refractivity contribution >= 4 is 115 Å². The van der Waals surface area contributed by atoms with Gasteiger partial charge in [0, 0.05) is 75.4 Å². The Hall–Kier alpha value is -4.34. The molecule has 3 unspecified atom stereocenters. The maximum atomic E-state index is 7.57. The van der Waals surface area contributed by atoms with E-state index in [0.717, 1.165) is 50.0 Å². The molecule has 0 saturated carbocycles. The number of hydrogen-bond acceptors (Lipinski definition) is 13. The van der Waals surface area contributed by atoms with Crippen LogP contribution in [-0.2, 0) is 0 Å². The lowest BCUT2D eigenvalue weighted by Crippen LogP contribution is -2.24. The maximum Gasteiger partial charge on any atom is 0.125 e. The summed E-state index contributed by atoms with van der Waals surface area (Å²) in [4.78, 5) is 27.8. The molecule has 0 radical (unpaired) electrons. The van der Waals surface area contributed by atoms with Crippen molar-refractivity contribution in [2.75, 3.05) is 44.4 Å². The molecule has 2 aromatic carbocycles. The van der Waals surface area contributed by atoms with Crippen molar-refractivity contribution in [2.45, 2.75) is 45.2 Å². The largest absolute Gasteiger partial charge is 0.397 e. The Morgan fingerprint density at radius 3 is 1.87 bits per heavy atom. The van der Waals surface area contributed by atoms with Gasteiger partial charge in [-0.2, -0.15) is 0 Å². The molecular weight excluding hydrogens is 761 g/mol. The highest BCUT2D eigenvalue weighted by atomic mass is 32.1. The fourth-order valence-corrected chi connectivity index (χ4v) is 10.9. The van der Waals surface area contributed by atoms with Gasteiger partial charge in [-0.05, 0) is 114 Å². The number of nitrogens with one attached hydrogen (secondary N) is 2. The van der Waals surface area contributed by atoms with Crippen LogP contribution in [0, 0.1) is 0 Å². The Balaban J connectivity index is 0.000000145. The number of anilines is 4. The van der Waals surface area contributed by atoms with Crippen molar-refractivity contribution in [3.8, 4) is 0 Å². The van der Waals surface area contributed by atoms with Crippen LogP contribution >= 0.6 is 45.3 Å². The molecule has 0 amide bonds. The van der Waals surface area contributed by atoms with Crippen LogP contribution in [0.25, 0.3) is 46.4 Å². The van der Waals surface area contributed by atoms with E-state index in [9.17, 15) is 0 Å². The number of likely N-dealkylation sites (tertiary alicyclic amines) is 1. The van der Waals surface area contributed by atoms with Crippen LogP contribution in [-0.4, -0.2) is 80.7 Å². The fourth-order valence-electron chi connectivity index (χ4n) is 7.21. The predicted octanol–water partition coefficient (Wildman–Crippen LogP) is 10.8. The lowest BCUT2D eigenvalue weighted by Gasteiger charge is -2.19. The standard InChI is InChI=1S/C20H20N4S2.C20H18N4S2.C2H6O/c2*1-12-14(6-8-24(12)2)19-10-15-16(5-7-21-20(15)26-19)23-13-3-4-18-17(9-13)22-11-25-18;1-2-3/h3-5,7,9-12,14H,6,8H2,1-2H3,(H,21,23);3-7,9-12H,8H2,1-2H3,(H,21,23);3H,2H2,1H3. The topological polar surface area (TPSA) is 102 Å². The van der Waals surface area contributed by atoms with Gasteiger partial charge in [-0.15, -0.1) is 45.3 Å². The van der Waals surface area contributed by atoms with Gasteiger partial charge in [-0.3, -0.25) is 4.90 Å². The van der Waals surface area contributed by atoms with Gasteiger partial charge in [0.05, 0.1) is 42.8 Å². The van der Waals surface area contributed by atoms with Crippen LogP contribution in [0.2, 0.25) is 0 Å². The molecule has 0 aliphatic carbocycles. The predicted molar refractivity (Wildman–Crippen MR) is 237 cm³/mol. The molecule has 1 fully saturated rings. The van der Waals surface area contributed by atoms with Crippen LogP contribution in [0.5, 0.6) is 0 Å². The minimum absolute atomic E-state index is 0.250. The number of likely N-dealkylation sites (N-methyl/N-ethyl adjacent to an activating group) is 2. The zero-order valence-electron chi connectivity index (χ0n) is 31.5. The molecule has 2 aliphatic rings. The van der Waals surface area contributed by atoms with Gasteiger partial charge in [0.1, 0.15) is 9.66 Å². The molecule has 13 heteroatoms. The van der Waals surface area contributed by atoms with Crippen molar-refractivity contribution in [1.82, 2.24) is 29.7 Å². The van der Waals surface area contributed by atoms with E-state index in [1.807, 2.05) is 40.8 Å². The molecule has 8 heterocycles. The minimum Gasteiger partial charge on any atom is -0.397 e. The molecule has 10 rings (SSSR count). The number of aromatic nitrogens is 4. The molecule has 282 valence electrons. The monoisotopic (exact) mass is 804 g/mol. The zero-order valence-corrected chi connectivity index (χ0v) is 34.8. The number of nitrogens with zero attached hydrogens (tertiary/aromatic N) is 6. The number of rotatable bonds is 6. The highest BCUT2D eigenvalue weighted by Crippen LogP contribution is 2.41. The molecule has 3 atom stereocenters. The molecule has 0 spiro atoms. The van der Waals surface area contributed by atoms with E-state index >= 15 is 0 Å². The van der Waals surface area contributed by atoms with Gasteiger partial charge >= 0.3 is 0 Å². The molecular formula is C42H44N8OS4. The van der Waals surface area contributed by atoms with Crippen LogP contribution in [0.15, 0.2) is 90.2 Å². The number of pyridine rings is 2. The van der Waals surface area contributed by atoms with Gasteiger partial charge in [0.2, 0.25) is 0 Å². The molecule has 8 aromatic rings. The van der Waals surface area contributed by atoms with Crippen molar-refractivity contribution in [1.29, 1.82) is 0 Å². The molecule has 55 heavy (non-hydrogen) atoms. The summed E-state index contributed by atoms with van der Waals surface area (Å²) in [6, 6.07) is 22.5.